The van der Waals surface area contributed by atoms with Crippen LogP contribution in [0.25, 0.3) is 0 Å². The van der Waals surface area contributed by atoms with Crippen molar-refractivity contribution in [1.82, 2.24) is 15.6 Å². The van der Waals surface area contributed by atoms with Crippen LogP contribution in [-0.2, 0) is 4.79 Å². The number of carbonyl (C=O) groups excluding carboxylic acids is 1. The molecule has 0 aliphatic rings. The number of hydrogen-bond donors (Lipinski definition) is 3. The molecule has 0 aliphatic heterocycles. The first-order valence-corrected chi connectivity index (χ1v) is 6.42. The predicted octanol–water partition coefficient (Wildman–Crippen LogP) is 1.94. The Hall–Kier alpha value is -2.11. The van der Waals surface area contributed by atoms with Gasteiger partial charge in [0.2, 0.25) is 0 Å². The van der Waals surface area contributed by atoms with Gasteiger partial charge in [0.15, 0.2) is 0 Å². The number of carboxylic acid groups (broad SMARTS) is 1. The van der Waals surface area contributed by atoms with E-state index in [-0.39, 0.29) is 6.04 Å². The Balaban J connectivity index is 2.65. The van der Waals surface area contributed by atoms with Crippen LogP contribution in [0.15, 0.2) is 24.4 Å². The molecular weight excluding hydrogens is 258 g/mol. The summed E-state index contributed by atoms with van der Waals surface area (Å²) in [5.74, 6) is -1.06. The van der Waals surface area contributed by atoms with Crippen molar-refractivity contribution >= 4 is 12.0 Å². The molecule has 1 unspecified atom stereocenters. The lowest BCUT2D eigenvalue weighted by atomic mass is 9.87. The molecule has 0 aromatic carbocycles. The van der Waals surface area contributed by atoms with Crippen molar-refractivity contribution in [3.8, 4) is 0 Å². The smallest absolute Gasteiger partial charge is 0.326 e. The Morgan fingerprint density at radius 3 is 2.35 bits per heavy atom. The topological polar surface area (TPSA) is 91.3 Å². The van der Waals surface area contributed by atoms with Gasteiger partial charge >= 0.3 is 12.0 Å². The standard InChI is InChI=1S/C14H21N3O3/c1-9(10-7-5-6-8-15-10)16-13(20)17-11(12(18)19)14(2,3)4/h5-9,11H,1-4H3,(H,18,19)(H2,16,17,20)/t9?,11-/m0/s1. The fourth-order valence-electron chi connectivity index (χ4n) is 1.72. The number of aliphatic carboxylic acids is 1. The van der Waals surface area contributed by atoms with Crippen LogP contribution in [-0.4, -0.2) is 28.1 Å². The molecule has 0 fully saturated rings. The average Bonchev–Trinajstić information content (AvgIpc) is 2.35. The Morgan fingerprint density at radius 2 is 1.90 bits per heavy atom. The highest BCUT2D eigenvalue weighted by molar-refractivity contribution is 5.83. The maximum Gasteiger partial charge on any atom is 0.326 e. The number of urea groups is 1. The summed E-state index contributed by atoms with van der Waals surface area (Å²) in [7, 11) is 0. The third-order valence-corrected chi connectivity index (χ3v) is 2.87. The molecule has 1 heterocycles. The van der Waals surface area contributed by atoms with Gasteiger partial charge in [0.05, 0.1) is 11.7 Å². The summed E-state index contributed by atoms with van der Waals surface area (Å²) in [5.41, 5.74) is 0.141. The van der Waals surface area contributed by atoms with Crippen LogP contribution in [0.3, 0.4) is 0 Å². The average molecular weight is 279 g/mol. The van der Waals surface area contributed by atoms with Gasteiger partial charge in [-0.25, -0.2) is 9.59 Å². The van der Waals surface area contributed by atoms with Gasteiger partial charge in [0.1, 0.15) is 6.04 Å². The minimum atomic E-state index is -1.06. The summed E-state index contributed by atoms with van der Waals surface area (Å²) in [6.07, 6.45) is 1.64. The minimum absolute atomic E-state index is 0.300. The molecule has 6 nitrogen and oxygen atoms in total. The fourth-order valence-corrected chi connectivity index (χ4v) is 1.72. The fraction of sp³-hybridized carbons (Fsp3) is 0.500. The van der Waals surface area contributed by atoms with Gasteiger partial charge in [-0.05, 0) is 24.5 Å². The number of amides is 2. The third kappa shape index (κ3) is 4.53. The molecule has 110 valence electrons. The summed E-state index contributed by atoms with van der Waals surface area (Å²) in [5, 5.41) is 14.3. The first-order valence-electron chi connectivity index (χ1n) is 6.42. The van der Waals surface area contributed by atoms with Gasteiger partial charge in [-0.2, -0.15) is 0 Å². The van der Waals surface area contributed by atoms with Crippen LogP contribution < -0.4 is 10.6 Å². The number of pyridine rings is 1. The van der Waals surface area contributed by atoms with Crippen molar-refractivity contribution in [2.24, 2.45) is 5.41 Å². The zero-order valence-corrected chi connectivity index (χ0v) is 12.2. The largest absolute Gasteiger partial charge is 0.480 e. The molecule has 3 N–H and O–H groups in total. The van der Waals surface area contributed by atoms with Crippen molar-refractivity contribution in [3.63, 3.8) is 0 Å². The molecule has 1 aromatic heterocycles. The van der Waals surface area contributed by atoms with E-state index < -0.39 is 23.5 Å². The van der Waals surface area contributed by atoms with E-state index in [0.717, 1.165) is 0 Å². The van der Waals surface area contributed by atoms with Crippen molar-refractivity contribution < 1.29 is 14.7 Å². The van der Waals surface area contributed by atoms with Gasteiger partial charge in [0, 0.05) is 6.20 Å². The summed E-state index contributed by atoms with van der Waals surface area (Å²) < 4.78 is 0. The molecule has 20 heavy (non-hydrogen) atoms. The van der Waals surface area contributed by atoms with E-state index in [2.05, 4.69) is 15.6 Å². The maximum absolute atomic E-state index is 11.9. The molecule has 0 saturated carbocycles. The first-order chi connectivity index (χ1) is 9.21. The summed E-state index contributed by atoms with van der Waals surface area (Å²) in [4.78, 5) is 27.2. The lowest BCUT2D eigenvalue weighted by Gasteiger charge is -2.28. The molecule has 0 bridgehead atoms. The van der Waals surface area contributed by atoms with Gasteiger partial charge < -0.3 is 15.7 Å². The SMILES string of the molecule is CC(NC(=O)N[C@@H](C(=O)O)C(C)(C)C)c1ccccn1. The normalized spacial score (nSPS) is 14.2. The Bertz CT molecular complexity index is 468. The predicted molar refractivity (Wildman–Crippen MR) is 75.2 cm³/mol. The second-order valence-corrected chi connectivity index (χ2v) is 5.73. The quantitative estimate of drug-likeness (QED) is 0.785. The molecule has 2 amide bonds. The van der Waals surface area contributed by atoms with E-state index in [4.69, 9.17) is 5.11 Å². The first kappa shape index (κ1) is 15.9. The highest BCUT2D eigenvalue weighted by atomic mass is 16.4. The zero-order valence-electron chi connectivity index (χ0n) is 12.2. The second-order valence-electron chi connectivity index (χ2n) is 5.73. The second kappa shape index (κ2) is 6.36. The lowest BCUT2D eigenvalue weighted by molar-refractivity contribution is -0.141. The van der Waals surface area contributed by atoms with Crippen molar-refractivity contribution in [1.29, 1.82) is 0 Å². The van der Waals surface area contributed by atoms with Crippen LogP contribution >= 0.6 is 0 Å². The van der Waals surface area contributed by atoms with Gasteiger partial charge in [0.25, 0.3) is 0 Å². The number of aromatic nitrogens is 1. The molecule has 6 heteroatoms. The van der Waals surface area contributed by atoms with Gasteiger partial charge in [-0.1, -0.05) is 26.8 Å². The number of nitrogens with zero attached hydrogens (tertiary/aromatic N) is 1. The van der Waals surface area contributed by atoms with E-state index in [1.165, 1.54) is 0 Å². The van der Waals surface area contributed by atoms with Crippen molar-refractivity contribution in [2.75, 3.05) is 0 Å². The van der Waals surface area contributed by atoms with Crippen LogP contribution in [0.2, 0.25) is 0 Å². The van der Waals surface area contributed by atoms with Gasteiger partial charge in [-0.15, -0.1) is 0 Å². The van der Waals surface area contributed by atoms with E-state index in [1.54, 1.807) is 46.0 Å². The Kier molecular flexibility index (Phi) is 5.07. The monoisotopic (exact) mass is 279 g/mol. The molecule has 1 rings (SSSR count). The van der Waals surface area contributed by atoms with E-state index >= 15 is 0 Å². The summed E-state index contributed by atoms with van der Waals surface area (Å²) in [6, 6.07) is 3.63. The minimum Gasteiger partial charge on any atom is -0.480 e. The number of carboxylic acids is 1. The van der Waals surface area contributed by atoms with Crippen LogP contribution in [0, 0.1) is 5.41 Å². The van der Waals surface area contributed by atoms with E-state index in [1.807, 2.05) is 6.07 Å². The Morgan fingerprint density at radius 1 is 1.25 bits per heavy atom. The Labute approximate surface area is 118 Å². The van der Waals surface area contributed by atoms with Gasteiger partial charge in [-0.3, -0.25) is 4.98 Å². The van der Waals surface area contributed by atoms with Crippen LogP contribution in [0.4, 0.5) is 4.79 Å². The van der Waals surface area contributed by atoms with E-state index in [9.17, 15) is 9.59 Å². The molecule has 0 saturated heterocycles. The summed E-state index contributed by atoms with van der Waals surface area (Å²) >= 11 is 0. The third-order valence-electron chi connectivity index (χ3n) is 2.87. The lowest BCUT2D eigenvalue weighted by Crippen LogP contribution is -2.52. The van der Waals surface area contributed by atoms with Crippen LogP contribution in [0.1, 0.15) is 39.4 Å². The molecule has 1 aromatic rings. The highest BCUT2D eigenvalue weighted by Gasteiger charge is 2.32. The molecule has 0 aliphatic carbocycles. The number of rotatable bonds is 4. The van der Waals surface area contributed by atoms with Crippen molar-refractivity contribution in [2.45, 2.75) is 39.8 Å². The number of nitrogens with one attached hydrogen (secondary N) is 2. The number of hydrogen-bond acceptors (Lipinski definition) is 3. The zero-order chi connectivity index (χ0) is 15.3. The van der Waals surface area contributed by atoms with Crippen molar-refractivity contribution in [3.05, 3.63) is 30.1 Å². The summed E-state index contributed by atoms with van der Waals surface area (Å²) in [6.45, 7) is 7.06. The molecule has 2 atom stereocenters. The molecule has 0 spiro atoms. The molecule has 0 radical (unpaired) electrons. The molecular formula is C14H21N3O3. The maximum atomic E-state index is 11.9. The van der Waals surface area contributed by atoms with Crippen LogP contribution in [0.5, 0.6) is 0 Å². The number of carbonyl (C=O) groups is 2. The highest BCUT2D eigenvalue weighted by Crippen LogP contribution is 2.19. The van der Waals surface area contributed by atoms with E-state index in [0.29, 0.717) is 5.69 Å².